The first-order valence-corrected chi connectivity index (χ1v) is 9.77. The quantitative estimate of drug-likeness (QED) is 0.469. The molecule has 4 rings (SSSR count). The normalized spacial score (nSPS) is 11.2. The first kappa shape index (κ1) is 19.1. The van der Waals surface area contributed by atoms with Gasteiger partial charge in [0, 0.05) is 58.1 Å². The lowest BCUT2D eigenvalue weighted by atomic mass is 10.1. The second-order valence-corrected chi connectivity index (χ2v) is 7.84. The molecule has 0 N–H and O–H groups in total. The molecule has 2 aromatic carbocycles. The number of hydrogen-bond acceptors (Lipinski definition) is 5. The van der Waals surface area contributed by atoms with Crippen molar-refractivity contribution in [3.8, 4) is 0 Å². The molecule has 0 aliphatic rings. The first-order valence-electron chi connectivity index (χ1n) is 8.95. The third-order valence-electron chi connectivity index (χ3n) is 4.97. The summed E-state index contributed by atoms with van der Waals surface area (Å²) in [7, 11) is 6.67. The van der Waals surface area contributed by atoms with Gasteiger partial charge < -0.3 is 18.6 Å². The number of ether oxygens (including phenoxy) is 2. The number of carbonyl (C=O) groups excluding carboxylic acids is 2. The predicted molar refractivity (Wildman–Crippen MR) is 113 cm³/mol. The van der Waals surface area contributed by atoms with Crippen LogP contribution < -0.4 is 0 Å². The highest BCUT2D eigenvalue weighted by atomic mass is 32.2. The predicted octanol–water partition coefficient (Wildman–Crippen LogP) is 4.39. The number of hydrogen-bond donors (Lipinski definition) is 0. The van der Waals surface area contributed by atoms with E-state index in [0.717, 1.165) is 31.6 Å². The Kier molecular flexibility index (Phi) is 4.84. The van der Waals surface area contributed by atoms with E-state index in [0.29, 0.717) is 11.1 Å². The number of nitrogens with zero attached hydrogens (tertiary/aromatic N) is 2. The number of fused-ring (bicyclic) bond motifs is 2. The van der Waals surface area contributed by atoms with Gasteiger partial charge in [0.2, 0.25) is 0 Å². The fourth-order valence-corrected chi connectivity index (χ4v) is 4.69. The van der Waals surface area contributed by atoms with Crippen molar-refractivity contribution in [2.75, 3.05) is 14.2 Å². The van der Waals surface area contributed by atoms with Crippen molar-refractivity contribution >= 4 is 45.5 Å². The molecule has 6 nitrogen and oxygen atoms in total. The zero-order valence-electron chi connectivity index (χ0n) is 16.6. The van der Waals surface area contributed by atoms with Crippen LogP contribution in [-0.4, -0.2) is 35.3 Å². The van der Waals surface area contributed by atoms with Crippen LogP contribution in [0.15, 0.2) is 58.6 Å². The lowest BCUT2D eigenvalue weighted by Gasteiger charge is -2.02. The summed E-state index contributed by atoms with van der Waals surface area (Å²) in [6.07, 6.45) is 4.11. The Hall–Kier alpha value is -3.19. The maximum Gasteiger partial charge on any atom is 0.337 e. The van der Waals surface area contributed by atoms with Crippen LogP contribution >= 0.6 is 11.8 Å². The van der Waals surface area contributed by atoms with Gasteiger partial charge in [-0.2, -0.15) is 0 Å². The van der Waals surface area contributed by atoms with Gasteiger partial charge in [-0.1, -0.05) is 23.9 Å². The zero-order valence-corrected chi connectivity index (χ0v) is 17.4. The fraction of sp³-hybridized carbons (Fsp3) is 0.182. The van der Waals surface area contributed by atoms with E-state index < -0.39 is 0 Å². The zero-order chi connectivity index (χ0) is 20.7. The molecule has 0 bridgehead atoms. The minimum absolute atomic E-state index is 0.349. The number of methoxy groups -OCH3 is 2. The molecule has 0 spiro atoms. The van der Waals surface area contributed by atoms with Gasteiger partial charge in [-0.3, -0.25) is 0 Å². The van der Waals surface area contributed by atoms with Crippen molar-refractivity contribution in [1.29, 1.82) is 0 Å². The molecule has 0 fully saturated rings. The van der Waals surface area contributed by atoms with Crippen LogP contribution in [0.2, 0.25) is 0 Å². The molecule has 7 heteroatoms. The van der Waals surface area contributed by atoms with E-state index in [9.17, 15) is 9.59 Å². The third kappa shape index (κ3) is 3.27. The van der Waals surface area contributed by atoms with Gasteiger partial charge in [-0.25, -0.2) is 9.59 Å². The number of esters is 2. The second-order valence-electron chi connectivity index (χ2n) is 6.76. The Morgan fingerprint density at radius 2 is 1.17 bits per heavy atom. The maximum absolute atomic E-state index is 11.8. The molecule has 4 aromatic rings. The molecule has 29 heavy (non-hydrogen) atoms. The minimum atomic E-state index is -0.349. The van der Waals surface area contributed by atoms with Crippen LogP contribution in [0, 0.1) is 0 Å². The maximum atomic E-state index is 11.8. The number of rotatable bonds is 4. The molecule has 0 aliphatic heterocycles. The number of benzene rings is 2. The average molecular weight is 408 g/mol. The topological polar surface area (TPSA) is 62.5 Å². The highest BCUT2D eigenvalue weighted by Crippen LogP contribution is 2.39. The Morgan fingerprint density at radius 1 is 0.759 bits per heavy atom. The Bertz CT molecular complexity index is 1170. The van der Waals surface area contributed by atoms with Crippen LogP contribution in [0.25, 0.3) is 21.8 Å². The largest absolute Gasteiger partial charge is 0.465 e. The molecular weight excluding hydrogens is 388 g/mol. The molecule has 2 aromatic heterocycles. The average Bonchev–Trinajstić information content (AvgIpc) is 3.22. The van der Waals surface area contributed by atoms with E-state index >= 15 is 0 Å². The molecular formula is C22H20N2O4S. The van der Waals surface area contributed by atoms with Gasteiger partial charge in [0.25, 0.3) is 0 Å². The van der Waals surface area contributed by atoms with E-state index in [1.54, 1.807) is 23.9 Å². The van der Waals surface area contributed by atoms with E-state index in [1.165, 1.54) is 14.2 Å². The van der Waals surface area contributed by atoms with Crippen LogP contribution in [0.5, 0.6) is 0 Å². The van der Waals surface area contributed by atoms with Crippen molar-refractivity contribution in [2.45, 2.75) is 9.79 Å². The van der Waals surface area contributed by atoms with Gasteiger partial charge >= 0.3 is 11.9 Å². The molecule has 0 amide bonds. The number of aromatic nitrogens is 2. The van der Waals surface area contributed by atoms with Crippen molar-refractivity contribution in [1.82, 2.24) is 9.13 Å². The van der Waals surface area contributed by atoms with E-state index in [4.69, 9.17) is 9.47 Å². The van der Waals surface area contributed by atoms with E-state index in [2.05, 4.69) is 12.4 Å². The van der Waals surface area contributed by atoms with Crippen molar-refractivity contribution in [3.63, 3.8) is 0 Å². The van der Waals surface area contributed by atoms with Crippen molar-refractivity contribution < 1.29 is 19.1 Å². The summed E-state index contributed by atoms with van der Waals surface area (Å²) in [5.74, 6) is -0.699. The summed E-state index contributed by atoms with van der Waals surface area (Å²) in [5, 5.41) is 2.13. The Morgan fingerprint density at radius 3 is 1.55 bits per heavy atom. The van der Waals surface area contributed by atoms with Crippen LogP contribution in [0.1, 0.15) is 20.7 Å². The summed E-state index contributed by atoms with van der Waals surface area (Å²) in [4.78, 5) is 25.9. The molecule has 0 radical (unpaired) electrons. The van der Waals surface area contributed by atoms with Crippen molar-refractivity contribution in [3.05, 3.63) is 59.9 Å². The highest BCUT2D eigenvalue weighted by Gasteiger charge is 2.16. The minimum Gasteiger partial charge on any atom is -0.465 e. The summed E-state index contributed by atoms with van der Waals surface area (Å²) in [6, 6.07) is 11.1. The summed E-state index contributed by atoms with van der Waals surface area (Å²) in [5.41, 5.74) is 2.98. The van der Waals surface area contributed by atoms with E-state index in [1.807, 2.05) is 47.5 Å². The Balaban J connectivity index is 1.76. The summed E-state index contributed by atoms with van der Waals surface area (Å²) >= 11 is 1.65. The van der Waals surface area contributed by atoms with E-state index in [-0.39, 0.29) is 11.9 Å². The van der Waals surface area contributed by atoms with Crippen molar-refractivity contribution in [2.24, 2.45) is 14.1 Å². The number of carbonyl (C=O) groups is 2. The summed E-state index contributed by atoms with van der Waals surface area (Å²) in [6.45, 7) is 0. The third-order valence-corrected chi connectivity index (χ3v) is 6.06. The molecule has 0 unspecified atom stereocenters. The van der Waals surface area contributed by atoms with Crippen LogP contribution in [0.3, 0.4) is 0 Å². The fourth-order valence-electron chi connectivity index (χ4n) is 3.46. The standard InChI is InChI=1S/C22H20N2O4S/c1-23-11-19(15-7-5-13(9-17(15)23)21(25)27-3)29-20-12-24(2)18-10-14(22(26)28-4)6-8-16(18)20/h5-12H,1-4H3. The van der Waals surface area contributed by atoms with Gasteiger partial charge in [-0.15, -0.1) is 0 Å². The van der Waals surface area contributed by atoms with Gasteiger partial charge in [0.15, 0.2) is 0 Å². The molecule has 0 atom stereocenters. The van der Waals surface area contributed by atoms with Crippen LogP contribution in [0.4, 0.5) is 0 Å². The van der Waals surface area contributed by atoms with Gasteiger partial charge in [0.05, 0.1) is 25.3 Å². The first-order chi connectivity index (χ1) is 13.9. The van der Waals surface area contributed by atoms with Gasteiger partial charge in [-0.05, 0) is 24.3 Å². The Labute approximate surface area is 172 Å². The second kappa shape index (κ2) is 7.33. The SMILES string of the molecule is COC(=O)c1ccc2c(Sc3cn(C)c4cc(C(=O)OC)ccc34)cn(C)c2c1. The number of aryl methyl sites for hydroxylation is 2. The summed E-state index contributed by atoms with van der Waals surface area (Å²) < 4.78 is 13.7. The molecule has 148 valence electrons. The highest BCUT2D eigenvalue weighted by molar-refractivity contribution is 7.99. The smallest absolute Gasteiger partial charge is 0.337 e. The van der Waals surface area contributed by atoms with Gasteiger partial charge in [0.1, 0.15) is 0 Å². The molecule has 2 heterocycles. The lowest BCUT2D eigenvalue weighted by molar-refractivity contribution is 0.0592. The molecule has 0 saturated carbocycles. The van der Waals surface area contributed by atoms with Crippen LogP contribution in [-0.2, 0) is 23.6 Å². The lowest BCUT2D eigenvalue weighted by Crippen LogP contribution is -2.00. The molecule has 0 saturated heterocycles. The molecule has 0 aliphatic carbocycles. The monoisotopic (exact) mass is 408 g/mol.